The van der Waals surface area contributed by atoms with Crippen LogP contribution in [0.3, 0.4) is 0 Å². The highest BCUT2D eigenvalue weighted by Crippen LogP contribution is 2.21. The molecular weight excluding hydrogens is 324 g/mol. The molecule has 0 bridgehead atoms. The fraction of sp³-hybridized carbons (Fsp3) is 0.533. The third-order valence-electron chi connectivity index (χ3n) is 3.38. The Morgan fingerprint density at radius 2 is 1.68 bits per heavy atom. The molecular formula is C15H23ClN2O3S. The van der Waals surface area contributed by atoms with Gasteiger partial charge in [0.15, 0.2) is 0 Å². The summed E-state index contributed by atoms with van der Waals surface area (Å²) >= 11 is 5.83. The van der Waals surface area contributed by atoms with Gasteiger partial charge in [0, 0.05) is 31.1 Å². The number of sulfonamides is 1. The zero-order valence-corrected chi connectivity index (χ0v) is 14.8. The van der Waals surface area contributed by atoms with Gasteiger partial charge in [-0.1, -0.05) is 11.6 Å². The summed E-state index contributed by atoms with van der Waals surface area (Å²) in [5, 5.41) is 0.550. The molecule has 0 unspecified atom stereocenters. The van der Waals surface area contributed by atoms with Crippen molar-refractivity contribution in [2.45, 2.75) is 26.7 Å². The van der Waals surface area contributed by atoms with Crippen LogP contribution in [-0.4, -0.2) is 45.1 Å². The lowest BCUT2D eigenvalue weighted by Crippen LogP contribution is -2.33. The smallest absolute Gasteiger partial charge is 0.232 e. The molecule has 0 aliphatic carbocycles. The number of benzene rings is 1. The normalized spacial score (nSPS) is 11.3. The Morgan fingerprint density at radius 3 is 2.14 bits per heavy atom. The van der Waals surface area contributed by atoms with Gasteiger partial charge in [-0.2, -0.15) is 0 Å². The molecule has 0 spiro atoms. The number of halogens is 1. The van der Waals surface area contributed by atoms with Crippen molar-refractivity contribution in [2.24, 2.45) is 0 Å². The summed E-state index contributed by atoms with van der Waals surface area (Å²) in [4.78, 5) is 13.7. The van der Waals surface area contributed by atoms with Crippen molar-refractivity contribution in [3.8, 4) is 0 Å². The number of hydrogen-bond acceptors (Lipinski definition) is 3. The van der Waals surface area contributed by atoms with Crippen LogP contribution in [0.25, 0.3) is 0 Å². The van der Waals surface area contributed by atoms with Crippen molar-refractivity contribution >= 4 is 33.2 Å². The maximum atomic E-state index is 12.0. The van der Waals surface area contributed by atoms with Crippen LogP contribution >= 0.6 is 11.6 Å². The van der Waals surface area contributed by atoms with Crippen molar-refractivity contribution in [2.75, 3.05) is 30.2 Å². The molecule has 1 rings (SSSR count). The van der Waals surface area contributed by atoms with E-state index < -0.39 is 10.0 Å². The maximum Gasteiger partial charge on any atom is 0.232 e. The number of nitrogens with zero attached hydrogens (tertiary/aromatic N) is 2. The van der Waals surface area contributed by atoms with Crippen molar-refractivity contribution in [1.29, 1.82) is 0 Å². The topological polar surface area (TPSA) is 57.7 Å². The van der Waals surface area contributed by atoms with E-state index in [-0.39, 0.29) is 12.5 Å². The first-order valence-corrected chi connectivity index (χ1v) is 9.53. The Morgan fingerprint density at radius 1 is 1.14 bits per heavy atom. The van der Waals surface area contributed by atoms with E-state index in [4.69, 9.17) is 11.6 Å². The van der Waals surface area contributed by atoms with Crippen LogP contribution in [0.1, 0.15) is 26.7 Å². The average Bonchev–Trinajstić information content (AvgIpc) is 2.45. The minimum atomic E-state index is -3.39. The molecule has 124 valence electrons. The molecule has 0 fully saturated rings. The van der Waals surface area contributed by atoms with E-state index in [9.17, 15) is 13.2 Å². The third-order valence-corrected chi connectivity index (χ3v) is 4.83. The van der Waals surface area contributed by atoms with Gasteiger partial charge in [-0.15, -0.1) is 0 Å². The van der Waals surface area contributed by atoms with E-state index in [2.05, 4.69) is 0 Å². The zero-order valence-electron chi connectivity index (χ0n) is 13.3. The van der Waals surface area contributed by atoms with Gasteiger partial charge in [0.05, 0.1) is 11.9 Å². The largest absolute Gasteiger partial charge is 0.343 e. The van der Waals surface area contributed by atoms with Gasteiger partial charge in [-0.25, -0.2) is 8.42 Å². The van der Waals surface area contributed by atoms with E-state index in [1.54, 1.807) is 29.2 Å². The standard InChI is InChI=1S/C15H23ClN2O3S/c1-4-17(5-2)15(19)7-6-12-18(22(3,20)21)14-10-8-13(16)9-11-14/h8-11H,4-7,12H2,1-3H3. The Balaban J connectivity index is 2.72. The average molecular weight is 347 g/mol. The van der Waals surface area contributed by atoms with E-state index in [1.165, 1.54) is 4.31 Å². The number of carbonyl (C=O) groups excluding carboxylic acids is 1. The quantitative estimate of drug-likeness (QED) is 0.727. The van der Waals surface area contributed by atoms with Crippen LogP contribution in [0.15, 0.2) is 24.3 Å². The summed E-state index contributed by atoms with van der Waals surface area (Å²) in [6, 6.07) is 6.62. The molecule has 0 saturated carbocycles. The second kappa shape index (κ2) is 8.39. The van der Waals surface area contributed by atoms with E-state index in [0.717, 1.165) is 6.26 Å². The van der Waals surface area contributed by atoms with E-state index in [0.29, 0.717) is 36.6 Å². The molecule has 0 aliphatic rings. The van der Waals surface area contributed by atoms with Gasteiger partial charge < -0.3 is 4.90 Å². The zero-order chi connectivity index (χ0) is 16.8. The molecule has 0 aliphatic heterocycles. The van der Waals surface area contributed by atoms with Crippen LogP contribution < -0.4 is 4.31 Å². The molecule has 0 heterocycles. The molecule has 0 radical (unpaired) electrons. The molecule has 5 nitrogen and oxygen atoms in total. The van der Waals surface area contributed by atoms with Crippen molar-refractivity contribution in [3.63, 3.8) is 0 Å². The lowest BCUT2D eigenvalue weighted by Gasteiger charge is -2.23. The summed E-state index contributed by atoms with van der Waals surface area (Å²) < 4.78 is 25.2. The monoisotopic (exact) mass is 346 g/mol. The molecule has 1 aromatic carbocycles. The summed E-state index contributed by atoms with van der Waals surface area (Å²) in [6.45, 7) is 5.47. The Hall–Kier alpha value is -1.27. The molecule has 1 aromatic rings. The minimum absolute atomic E-state index is 0.0505. The van der Waals surface area contributed by atoms with Crippen molar-refractivity contribution < 1.29 is 13.2 Å². The van der Waals surface area contributed by atoms with Gasteiger partial charge >= 0.3 is 0 Å². The molecule has 7 heteroatoms. The van der Waals surface area contributed by atoms with Gasteiger partial charge in [-0.3, -0.25) is 9.10 Å². The fourth-order valence-electron chi connectivity index (χ4n) is 2.20. The number of anilines is 1. The van der Waals surface area contributed by atoms with Crippen LogP contribution in [0, 0.1) is 0 Å². The van der Waals surface area contributed by atoms with Crippen LogP contribution in [0.5, 0.6) is 0 Å². The first-order chi connectivity index (χ1) is 10.3. The van der Waals surface area contributed by atoms with Gasteiger partial charge in [-0.05, 0) is 44.5 Å². The van der Waals surface area contributed by atoms with Crippen LogP contribution in [-0.2, 0) is 14.8 Å². The Kier molecular flexibility index (Phi) is 7.16. The van der Waals surface area contributed by atoms with Crippen molar-refractivity contribution in [1.82, 2.24) is 4.90 Å². The van der Waals surface area contributed by atoms with Gasteiger partial charge in [0.2, 0.25) is 15.9 Å². The summed E-state index contributed by atoms with van der Waals surface area (Å²) in [5.74, 6) is 0.0505. The molecule has 0 N–H and O–H groups in total. The highest BCUT2D eigenvalue weighted by Gasteiger charge is 2.18. The highest BCUT2D eigenvalue weighted by atomic mass is 35.5. The van der Waals surface area contributed by atoms with Crippen LogP contribution in [0.4, 0.5) is 5.69 Å². The summed E-state index contributed by atoms with van der Waals surface area (Å²) in [5.41, 5.74) is 0.558. The third kappa shape index (κ3) is 5.50. The number of carbonyl (C=O) groups is 1. The second-order valence-corrected chi connectivity index (χ2v) is 7.32. The first-order valence-electron chi connectivity index (χ1n) is 7.30. The lowest BCUT2D eigenvalue weighted by atomic mass is 10.2. The molecule has 22 heavy (non-hydrogen) atoms. The predicted octanol–water partition coefficient (Wildman–Crippen LogP) is 2.75. The summed E-state index contributed by atoms with van der Waals surface area (Å²) in [7, 11) is -3.39. The molecule has 1 amide bonds. The summed E-state index contributed by atoms with van der Waals surface area (Å²) in [6.07, 6.45) is 1.97. The first kappa shape index (κ1) is 18.8. The second-order valence-electron chi connectivity index (χ2n) is 4.98. The molecule has 0 saturated heterocycles. The lowest BCUT2D eigenvalue weighted by molar-refractivity contribution is -0.130. The van der Waals surface area contributed by atoms with E-state index >= 15 is 0 Å². The van der Waals surface area contributed by atoms with E-state index in [1.807, 2.05) is 13.8 Å². The molecule has 0 atom stereocenters. The SMILES string of the molecule is CCN(CC)C(=O)CCCN(c1ccc(Cl)cc1)S(C)(=O)=O. The number of rotatable bonds is 8. The fourth-order valence-corrected chi connectivity index (χ4v) is 3.29. The Labute approximate surface area is 137 Å². The predicted molar refractivity (Wildman–Crippen MR) is 90.8 cm³/mol. The van der Waals surface area contributed by atoms with Crippen molar-refractivity contribution in [3.05, 3.63) is 29.3 Å². The molecule has 0 aromatic heterocycles. The number of hydrogen-bond donors (Lipinski definition) is 0. The minimum Gasteiger partial charge on any atom is -0.343 e. The van der Waals surface area contributed by atoms with Crippen LogP contribution in [0.2, 0.25) is 5.02 Å². The maximum absolute atomic E-state index is 12.0. The number of amides is 1. The Bertz CT molecular complexity index is 583. The van der Waals surface area contributed by atoms with Gasteiger partial charge in [0.1, 0.15) is 0 Å². The highest BCUT2D eigenvalue weighted by molar-refractivity contribution is 7.92. The van der Waals surface area contributed by atoms with Gasteiger partial charge in [0.25, 0.3) is 0 Å².